The maximum atomic E-state index is 12.6. The Balaban J connectivity index is 2.15. The second-order valence-electron chi connectivity index (χ2n) is 6.05. The summed E-state index contributed by atoms with van der Waals surface area (Å²) in [6, 6.07) is 2.65. The molecule has 3 unspecified atom stereocenters. The third-order valence-corrected chi connectivity index (χ3v) is 4.55. The van der Waals surface area contributed by atoms with Crippen LogP contribution in [0.4, 0.5) is 0 Å². The first-order valence-corrected chi connectivity index (χ1v) is 8.11. The Bertz CT molecular complexity index is 473. The van der Waals surface area contributed by atoms with Crippen molar-refractivity contribution >= 4 is 21.8 Å². The van der Waals surface area contributed by atoms with Crippen molar-refractivity contribution in [3.05, 3.63) is 22.4 Å². The second-order valence-corrected chi connectivity index (χ2v) is 6.97. The minimum absolute atomic E-state index is 0.0109. The molecule has 1 aromatic rings. The molecule has 5 heteroatoms. The van der Waals surface area contributed by atoms with Gasteiger partial charge in [-0.2, -0.15) is 0 Å². The van der Waals surface area contributed by atoms with E-state index in [-0.39, 0.29) is 18.0 Å². The Morgan fingerprint density at radius 1 is 1.50 bits per heavy atom. The standard InChI is InChI=1S/C15H24BrN3O/c1-9(2)19-8-12(16)7-13(19)15(20)18-14-10(3)5-6-17-11(14)4/h7-11,14,17H,5-6H2,1-4H3,(H,18,20). The normalized spacial score (nSPS) is 26.8. The van der Waals surface area contributed by atoms with Gasteiger partial charge >= 0.3 is 0 Å². The van der Waals surface area contributed by atoms with Crippen LogP contribution >= 0.6 is 15.9 Å². The van der Waals surface area contributed by atoms with Crippen molar-refractivity contribution in [1.82, 2.24) is 15.2 Å². The zero-order chi connectivity index (χ0) is 14.9. The summed E-state index contributed by atoms with van der Waals surface area (Å²) >= 11 is 3.46. The van der Waals surface area contributed by atoms with Crippen LogP contribution in [0.2, 0.25) is 0 Å². The maximum absolute atomic E-state index is 12.6. The van der Waals surface area contributed by atoms with Crippen LogP contribution in [0.25, 0.3) is 0 Å². The van der Waals surface area contributed by atoms with E-state index in [0.29, 0.717) is 12.0 Å². The molecule has 2 N–H and O–H groups in total. The van der Waals surface area contributed by atoms with Gasteiger partial charge < -0.3 is 15.2 Å². The Hall–Kier alpha value is -0.810. The fourth-order valence-corrected chi connectivity index (χ4v) is 3.32. The molecule has 2 rings (SSSR count). The zero-order valence-corrected chi connectivity index (χ0v) is 14.2. The molecule has 2 heterocycles. The summed E-state index contributed by atoms with van der Waals surface area (Å²) in [5, 5.41) is 6.63. The van der Waals surface area contributed by atoms with Crippen LogP contribution in [0.15, 0.2) is 16.7 Å². The minimum atomic E-state index is 0.0109. The van der Waals surface area contributed by atoms with E-state index in [1.807, 2.05) is 16.8 Å². The lowest BCUT2D eigenvalue weighted by Crippen LogP contribution is -2.56. The van der Waals surface area contributed by atoms with Crippen LogP contribution in [0.5, 0.6) is 0 Å². The molecule has 0 spiro atoms. The number of carbonyl (C=O) groups excluding carboxylic acids is 1. The number of nitrogens with zero attached hydrogens (tertiary/aromatic N) is 1. The lowest BCUT2D eigenvalue weighted by atomic mass is 9.89. The number of carbonyl (C=O) groups is 1. The topological polar surface area (TPSA) is 46.1 Å². The van der Waals surface area contributed by atoms with Crippen molar-refractivity contribution < 1.29 is 4.79 Å². The van der Waals surface area contributed by atoms with Crippen LogP contribution in [0, 0.1) is 5.92 Å². The lowest BCUT2D eigenvalue weighted by Gasteiger charge is -2.36. The van der Waals surface area contributed by atoms with Gasteiger partial charge in [0.15, 0.2) is 0 Å². The lowest BCUT2D eigenvalue weighted by molar-refractivity contribution is 0.0886. The van der Waals surface area contributed by atoms with Crippen molar-refractivity contribution in [1.29, 1.82) is 0 Å². The summed E-state index contributed by atoms with van der Waals surface area (Å²) in [6.45, 7) is 9.54. The number of piperidine rings is 1. The summed E-state index contributed by atoms with van der Waals surface area (Å²) in [6.07, 6.45) is 3.07. The summed E-state index contributed by atoms with van der Waals surface area (Å²) in [5.41, 5.74) is 0.719. The van der Waals surface area contributed by atoms with Crippen LogP contribution < -0.4 is 10.6 Å². The van der Waals surface area contributed by atoms with Gasteiger partial charge in [0.2, 0.25) is 0 Å². The molecule has 3 atom stereocenters. The van der Waals surface area contributed by atoms with E-state index in [4.69, 9.17) is 0 Å². The van der Waals surface area contributed by atoms with E-state index in [2.05, 4.69) is 54.3 Å². The monoisotopic (exact) mass is 341 g/mol. The van der Waals surface area contributed by atoms with E-state index in [1.165, 1.54) is 0 Å². The first-order chi connectivity index (χ1) is 9.40. The SMILES string of the molecule is CC1CCNC(C)C1NC(=O)c1cc(Br)cn1C(C)C. The van der Waals surface area contributed by atoms with Crippen LogP contribution in [-0.4, -0.2) is 29.1 Å². The third-order valence-electron chi connectivity index (χ3n) is 4.12. The molecule has 1 fully saturated rings. The number of nitrogens with one attached hydrogen (secondary N) is 2. The Kier molecular flexibility index (Phi) is 4.91. The molecule has 0 radical (unpaired) electrons. The van der Waals surface area contributed by atoms with E-state index >= 15 is 0 Å². The summed E-state index contributed by atoms with van der Waals surface area (Å²) in [5.74, 6) is 0.512. The molecule has 112 valence electrons. The molecule has 0 bridgehead atoms. The highest BCUT2D eigenvalue weighted by atomic mass is 79.9. The number of amides is 1. The van der Waals surface area contributed by atoms with Gasteiger partial charge in [-0.05, 0) is 61.7 Å². The largest absolute Gasteiger partial charge is 0.346 e. The predicted molar refractivity (Wildman–Crippen MR) is 85.0 cm³/mol. The summed E-state index contributed by atoms with van der Waals surface area (Å²) < 4.78 is 2.95. The number of hydrogen-bond acceptors (Lipinski definition) is 2. The van der Waals surface area contributed by atoms with Gasteiger partial charge in [0.25, 0.3) is 5.91 Å². The average molecular weight is 342 g/mol. The Morgan fingerprint density at radius 3 is 2.80 bits per heavy atom. The molecular formula is C15H24BrN3O. The summed E-state index contributed by atoms with van der Waals surface area (Å²) in [4.78, 5) is 12.6. The molecular weight excluding hydrogens is 318 g/mol. The quantitative estimate of drug-likeness (QED) is 0.887. The molecule has 1 amide bonds. The molecule has 20 heavy (non-hydrogen) atoms. The molecule has 1 aliphatic rings. The van der Waals surface area contributed by atoms with Crippen LogP contribution in [0.3, 0.4) is 0 Å². The van der Waals surface area contributed by atoms with Crippen molar-refractivity contribution in [2.24, 2.45) is 5.92 Å². The van der Waals surface area contributed by atoms with E-state index in [1.54, 1.807) is 0 Å². The van der Waals surface area contributed by atoms with E-state index in [0.717, 1.165) is 23.1 Å². The highest BCUT2D eigenvalue weighted by Gasteiger charge is 2.29. The fourth-order valence-electron chi connectivity index (χ4n) is 2.89. The maximum Gasteiger partial charge on any atom is 0.268 e. The average Bonchev–Trinajstić information content (AvgIpc) is 2.76. The highest BCUT2D eigenvalue weighted by molar-refractivity contribution is 9.10. The van der Waals surface area contributed by atoms with Gasteiger partial charge in [-0.1, -0.05) is 6.92 Å². The number of aromatic nitrogens is 1. The number of rotatable bonds is 3. The molecule has 1 aliphatic heterocycles. The smallest absolute Gasteiger partial charge is 0.268 e. The predicted octanol–water partition coefficient (Wildman–Crippen LogP) is 2.95. The van der Waals surface area contributed by atoms with Crippen molar-refractivity contribution in [3.63, 3.8) is 0 Å². The first-order valence-electron chi connectivity index (χ1n) is 7.31. The fraction of sp³-hybridized carbons (Fsp3) is 0.667. The summed E-state index contributed by atoms with van der Waals surface area (Å²) in [7, 11) is 0. The minimum Gasteiger partial charge on any atom is -0.346 e. The second kappa shape index (κ2) is 6.31. The van der Waals surface area contributed by atoms with E-state index in [9.17, 15) is 4.79 Å². The molecule has 4 nitrogen and oxygen atoms in total. The Labute approximate surface area is 129 Å². The number of halogens is 1. The van der Waals surface area contributed by atoms with Crippen molar-refractivity contribution in [3.8, 4) is 0 Å². The molecule has 0 saturated carbocycles. The van der Waals surface area contributed by atoms with Gasteiger partial charge in [-0.3, -0.25) is 4.79 Å². The molecule has 0 aromatic carbocycles. The highest BCUT2D eigenvalue weighted by Crippen LogP contribution is 2.21. The van der Waals surface area contributed by atoms with Gasteiger partial charge in [-0.15, -0.1) is 0 Å². The van der Waals surface area contributed by atoms with Crippen LogP contribution in [-0.2, 0) is 0 Å². The van der Waals surface area contributed by atoms with Gasteiger partial charge in [0.05, 0.1) is 0 Å². The molecule has 1 saturated heterocycles. The van der Waals surface area contributed by atoms with E-state index < -0.39 is 0 Å². The molecule has 1 aromatic heterocycles. The molecule has 0 aliphatic carbocycles. The zero-order valence-electron chi connectivity index (χ0n) is 12.6. The van der Waals surface area contributed by atoms with Gasteiger partial charge in [0, 0.05) is 28.8 Å². The Morgan fingerprint density at radius 2 is 2.20 bits per heavy atom. The third kappa shape index (κ3) is 3.26. The van der Waals surface area contributed by atoms with Crippen LogP contribution in [0.1, 0.15) is 50.6 Å². The number of hydrogen-bond donors (Lipinski definition) is 2. The van der Waals surface area contributed by atoms with Gasteiger partial charge in [0.1, 0.15) is 5.69 Å². The first kappa shape index (κ1) is 15.6. The van der Waals surface area contributed by atoms with Crippen molar-refractivity contribution in [2.75, 3.05) is 6.54 Å². The van der Waals surface area contributed by atoms with Gasteiger partial charge in [-0.25, -0.2) is 0 Å². The van der Waals surface area contributed by atoms with Crippen molar-refractivity contribution in [2.45, 2.75) is 52.2 Å².